The van der Waals surface area contributed by atoms with Crippen LogP contribution in [0.5, 0.6) is 0 Å². The van der Waals surface area contributed by atoms with Crippen LogP contribution in [0.1, 0.15) is 10.4 Å². The number of nitrogens with zero attached hydrogens (tertiary/aromatic N) is 3. The fourth-order valence-electron chi connectivity index (χ4n) is 3.24. The van der Waals surface area contributed by atoms with Gasteiger partial charge in [0.05, 0.1) is 16.4 Å². The van der Waals surface area contributed by atoms with E-state index in [4.69, 9.17) is 18.0 Å². The Labute approximate surface area is 184 Å². The summed E-state index contributed by atoms with van der Waals surface area (Å²) >= 11 is 5.87. The summed E-state index contributed by atoms with van der Waals surface area (Å²) in [6.07, 6.45) is 5.07. The monoisotopic (exact) mass is 462 g/mol. The van der Waals surface area contributed by atoms with Crippen LogP contribution < -0.4 is 9.62 Å². The van der Waals surface area contributed by atoms with E-state index >= 15 is 0 Å². The summed E-state index contributed by atoms with van der Waals surface area (Å²) in [5, 5.41) is 11.6. The standard InChI is InChI=1S/C20H19ClN4O5S/c1-2-9-22-31(29,30)17-6-3-15(4-7-17)20(26)24-12-10-23(11-13-24)18-8-5-16(21)14-19(18)25(27)28/h1,3-8,14,22H,9-13H2. The molecule has 1 aliphatic heterocycles. The number of amides is 1. The van der Waals surface area contributed by atoms with E-state index < -0.39 is 14.9 Å². The number of rotatable bonds is 6. The van der Waals surface area contributed by atoms with Gasteiger partial charge in [-0.3, -0.25) is 14.9 Å². The maximum atomic E-state index is 12.8. The van der Waals surface area contributed by atoms with Gasteiger partial charge in [-0.1, -0.05) is 17.5 Å². The van der Waals surface area contributed by atoms with E-state index in [-0.39, 0.29) is 28.1 Å². The first-order valence-corrected chi connectivity index (χ1v) is 11.1. The first-order valence-electron chi connectivity index (χ1n) is 9.24. The van der Waals surface area contributed by atoms with Gasteiger partial charge in [0.2, 0.25) is 10.0 Å². The Morgan fingerprint density at radius 2 is 1.81 bits per heavy atom. The number of benzene rings is 2. The Morgan fingerprint density at radius 1 is 1.16 bits per heavy atom. The summed E-state index contributed by atoms with van der Waals surface area (Å²) < 4.78 is 26.4. The average Bonchev–Trinajstić information content (AvgIpc) is 2.77. The topological polar surface area (TPSA) is 113 Å². The van der Waals surface area contributed by atoms with Gasteiger partial charge in [-0.05, 0) is 36.4 Å². The van der Waals surface area contributed by atoms with Gasteiger partial charge in [0.1, 0.15) is 5.69 Å². The Hall–Kier alpha value is -3.13. The number of terminal acetylenes is 1. The minimum atomic E-state index is -3.73. The Morgan fingerprint density at radius 3 is 2.39 bits per heavy atom. The molecule has 0 aliphatic carbocycles. The lowest BCUT2D eigenvalue weighted by Gasteiger charge is -2.35. The molecule has 2 aromatic rings. The average molecular weight is 463 g/mol. The van der Waals surface area contributed by atoms with Crippen molar-refractivity contribution in [1.82, 2.24) is 9.62 Å². The highest BCUT2D eigenvalue weighted by Crippen LogP contribution is 2.31. The third kappa shape index (κ3) is 5.14. The molecule has 0 bridgehead atoms. The lowest BCUT2D eigenvalue weighted by Crippen LogP contribution is -2.49. The minimum Gasteiger partial charge on any atom is -0.362 e. The lowest BCUT2D eigenvalue weighted by atomic mass is 10.1. The van der Waals surface area contributed by atoms with Gasteiger partial charge in [0, 0.05) is 42.8 Å². The summed E-state index contributed by atoms with van der Waals surface area (Å²) in [4.78, 5) is 27.1. The zero-order chi connectivity index (χ0) is 22.6. The molecule has 1 N–H and O–H groups in total. The first-order chi connectivity index (χ1) is 14.7. The van der Waals surface area contributed by atoms with Crippen LogP contribution in [0.4, 0.5) is 11.4 Å². The Kier molecular flexibility index (Phi) is 6.80. The van der Waals surface area contributed by atoms with Crippen molar-refractivity contribution in [2.24, 2.45) is 0 Å². The van der Waals surface area contributed by atoms with E-state index in [1.54, 1.807) is 17.0 Å². The molecule has 1 aliphatic rings. The number of hydrogen-bond acceptors (Lipinski definition) is 6. The zero-order valence-electron chi connectivity index (χ0n) is 16.3. The van der Waals surface area contributed by atoms with E-state index in [1.165, 1.54) is 30.3 Å². The number of nitrogens with one attached hydrogen (secondary N) is 1. The van der Waals surface area contributed by atoms with Crippen molar-refractivity contribution in [1.29, 1.82) is 0 Å². The van der Waals surface area contributed by atoms with Gasteiger partial charge >= 0.3 is 0 Å². The summed E-state index contributed by atoms with van der Waals surface area (Å²) in [6, 6.07) is 10.1. The van der Waals surface area contributed by atoms with E-state index in [1.807, 2.05) is 4.90 Å². The first kappa shape index (κ1) is 22.6. The number of hydrogen-bond donors (Lipinski definition) is 1. The number of halogens is 1. The van der Waals surface area contributed by atoms with Crippen LogP contribution in [0.3, 0.4) is 0 Å². The highest BCUT2D eigenvalue weighted by molar-refractivity contribution is 7.89. The predicted octanol–water partition coefficient (Wildman–Crippen LogP) is 2.12. The van der Waals surface area contributed by atoms with Crippen LogP contribution in [-0.4, -0.2) is 56.9 Å². The molecule has 0 atom stereocenters. The van der Waals surface area contributed by atoms with Gasteiger partial charge in [0.25, 0.3) is 11.6 Å². The van der Waals surface area contributed by atoms with Gasteiger partial charge < -0.3 is 9.80 Å². The van der Waals surface area contributed by atoms with E-state index in [9.17, 15) is 23.3 Å². The molecule has 2 aromatic carbocycles. The van der Waals surface area contributed by atoms with Crippen molar-refractivity contribution in [3.05, 3.63) is 63.2 Å². The second-order valence-corrected chi connectivity index (χ2v) is 8.93. The van der Waals surface area contributed by atoms with Crippen LogP contribution in [0.25, 0.3) is 0 Å². The molecule has 0 spiro atoms. The molecule has 162 valence electrons. The number of nitro benzene ring substituents is 1. The number of anilines is 1. The maximum absolute atomic E-state index is 12.8. The van der Waals surface area contributed by atoms with Crippen molar-refractivity contribution in [3.63, 3.8) is 0 Å². The Bertz CT molecular complexity index is 1140. The summed E-state index contributed by atoms with van der Waals surface area (Å²) in [5.41, 5.74) is 0.722. The lowest BCUT2D eigenvalue weighted by molar-refractivity contribution is -0.384. The molecular weight excluding hydrogens is 444 g/mol. The number of nitro groups is 1. The third-order valence-corrected chi connectivity index (χ3v) is 6.47. The molecule has 0 unspecified atom stereocenters. The molecule has 31 heavy (non-hydrogen) atoms. The SMILES string of the molecule is C#CCNS(=O)(=O)c1ccc(C(=O)N2CCN(c3ccc(Cl)cc3[N+](=O)[O-])CC2)cc1. The zero-order valence-corrected chi connectivity index (χ0v) is 17.9. The number of carbonyl (C=O) groups is 1. The molecule has 1 amide bonds. The van der Waals surface area contributed by atoms with E-state index in [0.717, 1.165) is 0 Å². The number of sulfonamides is 1. The number of carbonyl (C=O) groups excluding carboxylic acids is 1. The van der Waals surface area contributed by atoms with Crippen molar-refractivity contribution in [2.75, 3.05) is 37.6 Å². The third-order valence-electron chi connectivity index (χ3n) is 4.82. The minimum absolute atomic E-state index is 0.0131. The molecule has 1 saturated heterocycles. The fourth-order valence-corrected chi connectivity index (χ4v) is 4.34. The summed E-state index contributed by atoms with van der Waals surface area (Å²) in [7, 11) is -3.73. The summed E-state index contributed by atoms with van der Waals surface area (Å²) in [6.45, 7) is 1.43. The van der Waals surface area contributed by atoms with Crippen LogP contribution in [0.2, 0.25) is 5.02 Å². The van der Waals surface area contributed by atoms with Gasteiger partial charge in [-0.25, -0.2) is 8.42 Å². The molecule has 1 heterocycles. The van der Waals surface area contributed by atoms with Gasteiger partial charge in [-0.15, -0.1) is 6.42 Å². The fraction of sp³-hybridized carbons (Fsp3) is 0.250. The molecule has 11 heteroatoms. The highest BCUT2D eigenvalue weighted by Gasteiger charge is 2.26. The molecule has 0 aromatic heterocycles. The van der Waals surface area contributed by atoms with Gasteiger partial charge in [-0.2, -0.15) is 4.72 Å². The molecule has 0 saturated carbocycles. The molecule has 9 nitrogen and oxygen atoms in total. The van der Waals surface area contributed by atoms with Crippen molar-refractivity contribution in [2.45, 2.75) is 4.90 Å². The highest BCUT2D eigenvalue weighted by atomic mass is 35.5. The predicted molar refractivity (Wildman–Crippen MR) is 117 cm³/mol. The van der Waals surface area contributed by atoms with Crippen molar-refractivity contribution < 1.29 is 18.1 Å². The molecular formula is C20H19ClN4O5S. The smallest absolute Gasteiger partial charge is 0.294 e. The molecule has 0 radical (unpaired) electrons. The molecule has 1 fully saturated rings. The normalized spacial score (nSPS) is 14.2. The van der Waals surface area contributed by atoms with E-state index in [2.05, 4.69) is 10.6 Å². The Balaban J connectivity index is 1.67. The van der Waals surface area contributed by atoms with Crippen LogP contribution >= 0.6 is 11.6 Å². The second-order valence-electron chi connectivity index (χ2n) is 6.72. The quantitative estimate of drug-likeness (QED) is 0.399. The van der Waals surface area contributed by atoms with Crippen molar-refractivity contribution >= 4 is 38.9 Å². The van der Waals surface area contributed by atoms with Crippen LogP contribution in [0, 0.1) is 22.5 Å². The van der Waals surface area contributed by atoms with Crippen LogP contribution in [-0.2, 0) is 10.0 Å². The van der Waals surface area contributed by atoms with Crippen LogP contribution in [0.15, 0.2) is 47.4 Å². The molecule has 3 rings (SSSR count). The maximum Gasteiger partial charge on any atom is 0.294 e. The number of piperazine rings is 1. The van der Waals surface area contributed by atoms with E-state index in [0.29, 0.717) is 37.4 Å². The largest absolute Gasteiger partial charge is 0.362 e. The second kappa shape index (κ2) is 9.34. The van der Waals surface area contributed by atoms with Gasteiger partial charge in [0.15, 0.2) is 0 Å². The summed E-state index contributed by atoms with van der Waals surface area (Å²) in [5.74, 6) is 1.95. The van der Waals surface area contributed by atoms with Crippen molar-refractivity contribution in [3.8, 4) is 12.3 Å².